The molecule has 7 heteroatoms. The molecule has 1 saturated heterocycles. The van der Waals surface area contributed by atoms with Crippen molar-refractivity contribution in [1.82, 2.24) is 4.90 Å². The number of nitrogens with zero attached hydrogens (tertiary/aromatic N) is 1. The van der Waals surface area contributed by atoms with Crippen LogP contribution in [0.3, 0.4) is 0 Å². The molecule has 0 unspecified atom stereocenters. The highest BCUT2D eigenvalue weighted by atomic mass is 16.6. The van der Waals surface area contributed by atoms with Crippen LogP contribution in [-0.2, 0) is 4.74 Å². The Bertz CT molecular complexity index is 965. The van der Waals surface area contributed by atoms with Gasteiger partial charge in [-0.25, -0.2) is 4.79 Å². The first-order valence-electron chi connectivity index (χ1n) is 10.6. The summed E-state index contributed by atoms with van der Waals surface area (Å²) in [4.78, 5) is 27.0. The summed E-state index contributed by atoms with van der Waals surface area (Å²) >= 11 is 0. The Kier molecular flexibility index (Phi) is 5.76. The maximum Gasteiger partial charge on any atom is 0.412 e. The van der Waals surface area contributed by atoms with Crippen molar-refractivity contribution < 1.29 is 23.8 Å². The fourth-order valence-electron chi connectivity index (χ4n) is 3.91. The van der Waals surface area contributed by atoms with Crippen LogP contribution in [0.15, 0.2) is 42.5 Å². The molecular formula is C24H28N2O5. The van der Waals surface area contributed by atoms with Gasteiger partial charge < -0.3 is 19.1 Å². The molecule has 1 fully saturated rings. The van der Waals surface area contributed by atoms with E-state index in [0.29, 0.717) is 31.0 Å². The number of fused-ring (bicyclic) bond motifs is 1. The predicted molar refractivity (Wildman–Crippen MR) is 117 cm³/mol. The maximum atomic E-state index is 13.2. The van der Waals surface area contributed by atoms with E-state index in [9.17, 15) is 9.59 Å². The molecule has 0 aromatic heterocycles. The van der Waals surface area contributed by atoms with E-state index in [1.54, 1.807) is 24.3 Å². The van der Waals surface area contributed by atoms with E-state index in [4.69, 9.17) is 14.2 Å². The molecule has 1 atom stereocenters. The Balaban J connectivity index is 1.45. The second kappa shape index (κ2) is 8.49. The van der Waals surface area contributed by atoms with Crippen LogP contribution in [0, 0.1) is 0 Å². The number of likely N-dealkylation sites (tertiary alicyclic amines) is 1. The van der Waals surface area contributed by atoms with Gasteiger partial charge in [0.1, 0.15) is 18.8 Å². The number of ether oxygens (including phenoxy) is 3. The number of anilines is 1. The molecule has 2 aliphatic rings. The smallest absolute Gasteiger partial charge is 0.412 e. The van der Waals surface area contributed by atoms with Gasteiger partial charge in [0.25, 0.3) is 5.91 Å². The van der Waals surface area contributed by atoms with Crippen molar-refractivity contribution >= 4 is 17.7 Å². The summed E-state index contributed by atoms with van der Waals surface area (Å²) in [6, 6.07) is 12.8. The molecule has 4 rings (SSSR count). The Morgan fingerprint density at radius 1 is 1.03 bits per heavy atom. The summed E-state index contributed by atoms with van der Waals surface area (Å²) in [6.45, 7) is 7.22. The number of nitrogens with one attached hydrogen (secondary N) is 1. The first kappa shape index (κ1) is 21.0. The third kappa shape index (κ3) is 4.93. The van der Waals surface area contributed by atoms with E-state index >= 15 is 0 Å². The molecule has 7 nitrogen and oxygen atoms in total. The third-order valence-corrected chi connectivity index (χ3v) is 5.24. The average Bonchev–Trinajstić information content (AvgIpc) is 3.22. The van der Waals surface area contributed by atoms with Gasteiger partial charge in [0.15, 0.2) is 11.5 Å². The van der Waals surface area contributed by atoms with E-state index in [2.05, 4.69) is 5.32 Å². The number of hydrogen-bond acceptors (Lipinski definition) is 5. The predicted octanol–water partition coefficient (Wildman–Crippen LogP) is 4.78. The summed E-state index contributed by atoms with van der Waals surface area (Å²) in [5.41, 5.74) is 1.65. The fourth-order valence-corrected chi connectivity index (χ4v) is 3.91. The van der Waals surface area contributed by atoms with Gasteiger partial charge in [0.05, 0.1) is 6.04 Å². The Morgan fingerprint density at radius 3 is 2.45 bits per heavy atom. The van der Waals surface area contributed by atoms with Crippen LogP contribution < -0.4 is 14.8 Å². The molecule has 2 aromatic rings. The van der Waals surface area contributed by atoms with Crippen molar-refractivity contribution in [1.29, 1.82) is 0 Å². The first-order chi connectivity index (χ1) is 14.8. The second-order valence-corrected chi connectivity index (χ2v) is 8.76. The van der Waals surface area contributed by atoms with Gasteiger partial charge in [0, 0.05) is 17.8 Å². The van der Waals surface area contributed by atoms with Crippen molar-refractivity contribution in [2.45, 2.75) is 45.3 Å². The molecule has 0 saturated carbocycles. The zero-order chi connectivity index (χ0) is 22.0. The number of amides is 2. The third-order valence-electron chi connectivity index (χ3n) is 5.24. The van der Waals surface area contributed by atoms with Crippen LogP contribution in [0.1, 0.15) is 55.6 Å². The number of benzene rings is 2. The highest BCUT2D eigenvalue weighted by molar-refractivity contribution is 5.95. The Labute approximate surface area is 182 Å². The van der Waals surface area contributed by atoms with Gasteiger partial charge in [-0.2, -0.15) is 0 Å². The lowest BCUT2D eigenvalue weighted by molar-refractivity contribution is 0.0635. The van der Waals surface area contributed by atoms with Crippen molar-refractivity contribution in [2.24, 2.45) is 0 Å². The summed E-state index contributed by atoms with van der Waals surface area (Å²) in [5, 5.41) is 2.69. The molecule has 2 amide bonds. The summed E-state index contributed by atoms with van der Waals surface area (Å²) in [5.74, 6) is 1.46. The van der Waals surface area contributed by atoms with Gasteiger partial charge in [-0.05, 0) is 75.6 Å². The molecule has 0 bridgehead atoms. The normalized spacial score (nSPS) is 17.9. The first-order valence-corrected chi connectivity index (χ1v) is 10.6. The number of carbonyl (C=O) groups excluding carboxylic acids is 2. The Morgan fingerprint density at radius 2 is 1.74 bits per heavy atom. The van der Waals surface area contributed by atoms with Crippen molar-refractivity contribution in [3.63, 3.8) is 0 Å². The highest BCUT2D eigenvalue weighted by Gasteiger charge is 2.31. The molecule has 0 spiro atoms. The summed E-state index contributed by atoms with van der Waals surface area (Å²) in [6.07, 6.45) is 1.33. The molecule has 164 valence electrons. The Hall–Kier alpha value is -3.22. The summed E-state index contributed by atoms with van der Waals surface area (Å²) in [7, 11) is 0. The van der Waals surface area contributed by atoms with Gasteiger partial charge >= 0.3 is 6.09 Å². The molecule has 2 aromatic carbocycles. The van der Waals surface area contributed by atoms with E-state index in [0.717, 1.165) is 29.9 Å². The standard InChI is InChI=1S/C24H28N2O5/c1-24(2,3)31-23(28)25-18-9-6-16(7-10-18)22(27)26-12-4-5-19(26)17-8-11-20-21(15-17)30-14-13-29-20/h6-11,15,19H,4-5,12-14H2,1-3H3,(H,25,28)/t19-/m0/s1. The lowest BCUT2D eigenvalue weighted by Gasteiger charge is -2.27. The lowest BCUT2D eigenvalue weighted by atomic mass is 10.0. The second-order valence-electron chi connectivity index (χ2n) is 8.76. The van der Waals surface area contributed by atoms with Crippen LogP contribution >= 0.6 is 0 Å². The topological polar surface area (TPSA) is 77.1 Å². The molecule has 31 heavy (non-hydrogen) atoms. The maximum absolute atomic E-state index is 13.2. The average molecular weight is 424 g/mol. The highest BCUT2D eigenvalue weighted by Crippen LogP contribution is 2.38. The zero-order valence-corrected chi connectivity index (χ0v) is 18.1. The zero-order valence-electron chi connectivity index (χ0n) is 18.1. The quantitative estimate of drug-likeness (QED) is 0.767. The van der Waals surface area contributed by atoms with Gasteiger partial charge in [-0.15, -0.1) is 0 Å². The van der Waals surface area contributed by atoms with E-state index in [1.165, 1.54) is 0 Å². The largest absolute Gasteiger partial charge is 0.486 e. The van der Waals surface area contributed by atoms with Gasteiger partial charge in [-0.1, -0.05) is 6.07 Å². The van der Waals surface area contributed by atoms with Crippen LogP contribution in [0.2, 0.25) is 0 Å². The molecule has 0 aliphatic carbocycles. The number of rotatable bonds is 3. The monoisotopic (exact) mass is 424 g/mol. The van der Waals surface area contributed by atoms with E-state index in [-0.39, 0.29) is 11.9 Å². The SMILES string of the molecule is CC(C)(C)OC(=O)Nc1ccc(C(=O)N2CCC[C@H]2c2ccc3c(c2)OCCO3)cc1. The number of carbonyl (C=O) groups is 2. The molecular weight excluding hydrogens is 396 g/mol. The minimum Gasteiger partial charge on any atom is -0.486 e. The van der Waals surface area contributed by atoms with Gasteiger partial charge in [0.2, 0.25) is 0 Å². The number of hydrogen-bond donors (Lipinski definition) is 1. The fraction of sp³-hybridized carbons (Fsp3) is 0.417. The van der Waals surface area contributed by atoms with Crippen molar-refractivity contribution in [2.75, 3.05) is 25.1 Å². The lowest BCUT2D eigenvalue weighted by Crippen LogP contribution is -2.30. The molecule has 0 radical (unpaired) electrons. The minimum atomic E-state index is -0.571. The van der Waals surface area contributed by atoms with E-state index < -0.39 is 11.7 Å². The molecule has 1 N–H and O–H groups in total. The van der Waals surface area contributed by atoms with Crippen LogP contribution in [0.4, 0.5) is 10.5 Å². The molecule has 2 aliphatic heterocycles. The van der Waals surface area contributed by atoms with E-state index in [1.807, 2.05) is 43.9 Å². The van der Waals surface area contributed by atoms with Crippen LogP contribution in [0.25, 0.3) is 0 Å². The van der Waals surface area contributed by atoms with Gasteiger partial charge in [-0.3, -0.25) is 10.1 Å². The van der Waals surface area contributed by atoms with Crippen LogP contribution in [0.5, 0.6) is 11.5 Å². The van der Waals surface area contributed by atoms with Crippen LogP contribution in [-0.4, -0.2) is 42.3 Å². The molecule has 2 heterocycles. The summed E-state index contributed by atoms with van der Waals surface area (Å²) < 4.78 is 16.6. The minimum absolute atomic E-state index is 0.00268. The van der Waals surface area contributed by atoms with Crippen molar-refractivity contribution in [3.05, 3.63) is 53.6 Å². The van der Waals surface area contributed by atoms with Crippen molar-refractivity contribution in [3.8, 4) is 11.5 Å².